The van der Waals surface area contributed by atoms with Crippen LogP contribution in [0.2, 0.25) is 0 Å². The first-order valence-electron chi connectivity index (χ1n) is 7.35. The van der Waals surface area contributed by atoms with E-state index in [1.807, 2.05) is 0 Å². The second kappa shape index (κ2) is 6.97. The maximum absolute atomic E-state index is 12.8. The van der Waals surface area contributed by atoms with Gasteiger partial charge in [0.15, 0.2) is 0 Å². The van der Waals surface area contributed by atoms with Crippen LogP contribution in [-0.4, -0.2) is 5.11 Å². The molecule has 10 heteroatoms. The summed E-state index contributed by atoms with van der Waals surface area (Å²) in [6, 6.07) is 3.12. The number of halogens is 9. The zero-order chi connectivity index (χ0) is 20.6. The van der Waals surface area contributed by atoms with Crippen molar-refractivity contribution in [2.24, 2.45) is 0 Å². The number of rotatable bonds is 3. The first-order chi connectivity index (χ1) is 12.2. The third kappa shape index (κ3) is 5.54. The molecule has 2 aromatic carbocycles. The number of aryl methyl sites for hydroxylation is 2. The normalized spacial score (nSPS) is 13.1. The Labute approximate surface area is 147 Å². The number of alkyl halides is 9. The fourth-order valence-corrected chi connectivity index (χ4v) is 2.43. The summed E-state index contributed by atoms with van der Waals surface area (Å²) in [5.74, 6) is -0.708. The molecule has 0 aliphatic carbocycles. The number of benzene rings is 2. The fraction of sp³-hybridized carbons (Fsp3) is 0.294. The minimum Gasteiger partial charge on any atom is -0.508 e. The molecule has 0 saturated heterocycles. The van der Waals surface area contributed by atoms with Crippen molar-refractivity contribution in [3.05, 3.63) is 64.2 Å². The molecule has 2 aromatic rings. The summed E-state index contributed by atoms with van der Waals surface area (Å²) in [4.78, 5) is 0. The summed E-state index contributed by atoms with van der Waals surface area (Å²) in [5, 5.41) is 9.36. The van der Waals surface area contributed by atoms with Crippen LogP contribution in [0.3, 0.4) is 0 Å². The largest absolute Gasteiger partial charge is 0.508 e. The molecule has 0 atom stereocenters. The maximum atomic E-state index is 12.8. The van der Waals surface area contributed by atoms with Gasteiger partial charge in [-0.1, -0.05) is 0 Å². The van der Waals surface area contributed by atoms with Crippen LogP contribution < -0.4 is 0 Å². The Morgan fingerprint density at radius 1 is 0.519 bits per heavy atom. The molecule has 0 heterocycles. The fourth-order valence-electron chi connectivity index (χ4n) is 2.43. The smallest absolute Gasteiger partial charge is 0.416 e. The highest BCUT2D eigenvalue weighted by Crippen LogP contribution is 2.37. The number of hydrogen-bond acceptors (Lipinski definition) is 1. The Morgan fingerprint density at radius 3 is 1.22 bits per heavy atom. The predicted octanol–water partition coefficient (Wildman–Crippen LogP) is 6.23. The average molecular weight is 402 g/mol. The van der Waals surface area contributed by atoms with E-state index < -0.39 is 41.0 Å². The molecule has 0 spiro atoms. The molecule has 1 N–H and O–H groups in total. The second-order valence-electron chi connectivity index (χ2n) is 5.80. The zero-order valence-corrected chi connectivity index (χ0v) is 13.2. The van der Waals surface area contributed by atoms with Gasteiger partial charge in [-0.2, -0.15) is 39.5 Å². The number of hydrogen-bond donors (Lipinski definition) is 1. The van der Waals surface area contributed by atoms with E-state index >= 15 is 0 Å². The van der Waals surface area contributed by atoms with Gasteiger partial charge in [0.25, 0.3) is 0 Å². The summed E-state index contributed by atoms with van der Waals surface area (Å²) in [6.45, 7) is 0. The van der Waals surface area contributed by atoms with Gasteiger partial charge in [-0.25, -0.2) is 0 Å². The summed E-state index contributed by atoms with van der Waals surface area (Å²) >= 11 is 0. The highest BCUT2D eigenvalue weighted by Gasteiger charge is 2.37. The molecular formula is C17H11F9O. The van der Waals surface area contributed by atoms with Crippen LogP contribution in [0.25, 0.3) is 0 Å². The van der Waals surface area contributed by atoms with E-state index in [1.54, 1.807) is 0 Å². The van der Waals surface area contributed by atoms with Crippen LogP contribution in [0.1, 0.15) is 27.8 Å². The lowest BCUT2D eigenvalue weighted by Gasteiger charge is -2.14. The van der Waals surface area contributed by atoms with Crippen molar-refractivity contribution in [2.45, 2.75) is 31.4 Å². The van der Waals surface area contributed by atoms with E-state index in [1.165, 1.54) is 0 Å². The topological polar surface area (TPSA) is 20.2 Å². The van der Waals surface area contributed by atoms with Gasteiger partial charge in [0.1, 0.15) is 5.75 Å². The van der Waals surface area contributed by atoms with Crippen molar-refractivity contribution >= 4 is 0 Å². The highest BCUT2D eigenvalue weighted by molar-refractivity contribution is 5.37. The van der Waals surface area contributed by atoms with E-state index in [4.69, 9.17) is 0 Å². The van der Waals surface area contributed by atoms with Gasteiger partial charge in [0.2, 0.25) is 0 Å². The number of phenolic OH excluding ortho intramolecular Hbond substituents is 1. The Bertz CT molecular complexity index is 784. The quantitative estimate of drug-likeness (QED) is 0.603. The lowest BCUT2D eigenvalue weighted by Crippen LogP contribution is -2.12. The van der Waals surface area contributed by atoms with E-state index in [9.17, 15) is 44.6 Å². The van der Waals surface area contributed by atoms with Gasteiger partial charge < -0.3 is 5.11 Å². The summed E-state index contributed by atoms with van der Waals surface area (Å²) in [5.41, 5.74) is -4.58. The molecule has 0 unspecified atom stereocenters. The Balaban J connectivity index is 2.34. The average Bonchev–Trinajstić information content (AvgIpc) is 2.49. The van der Waals surface area contributed by atoms with Gasteiger partial charge in [0, 0.05) is 0 Å². The first kappa shape index (κ1) is 20.9. The van der Waals surface area contributed by atoms with Gasteiger partial charge >= 0.3 is 18.5 Å². The zero-order valence-electron chi connectivity index (χ0n) is 13.2. The molecule has 148 valence electrons. The van der Waals surface area contributed by atoms with Gasteiger partial charge in [-0.15, -0.1) is 0 Å². The molecule has 27 heavy (non-hydrogen) atoms. The van der Waals surface area contributed by atoms with Crippen LogP contribution in [0, 0.1) is 0 Å². The molecule has 0 aliphatic rings. The lowest BCUT2D eigenvalue weighted by molar-refractivity contribution is -0.143. The van der Waals surface area contributed by atoms with Crippen LogP contribution in [0.4, 0.5) is 39.5 Å². The van der Waals surface area contributed by atoms with Crippen molar-refractivity contribution in [2.75, 3.05) is 0 Å². The Hall–Kier alpha value is -2.39. The van der Waals surface area contributed by atoms with E-state index in [0.717, 1.165) is 6.07 Å². The molecule has 0 aliphatic heterocycles. The van der Waals surface area contributed by atoms with Crippen LogP contribution in [0.5, 0.6) is 5.75 Å². The first-order valence-corrected chi connectivity index (χ1v) is 7.35. The van der Waals surface area contributed by atoms with Crippen molar-refractivity contribution in [1.29, 1.82) is 0 Å². The summed E-state index contributed by atoms with van der Waals surface area (Å²) in [7, 11) is 0. The van der Waals surface area contributed by atoms with Crippen molar-refractivity contribution in [3.63, 3.8) is 0 Å². The van der Waals surface area contributed by atoms with E-state index in [2.05, 4.69) is 0 Å². The highest BCUT2D eigenvalue weighted by atomic mass is 19.4. The van der Waals surface area contributed by atoms with Crippen molar-refractivity contribution < 1.29 is 44.6 Å². The molecule has 0 radical (unpaired) electrons. The molecule has 0 saturated carbocycles. The minimum absolute atomic E-state index is 0.0282. The van der Waals surface area contributed by atoms with Gasteiger partial charge in [0.05, 0.1) is 16.7 Å². The van der Waals surface area contributed by atoms with Gasteiger partial charge in [-0.3, -0.25) is 0 Å². The number of aromatic hydroxyl groups is 1. The number of phenols is 1. The molecular weight excluding hydrogens is 391 g/mol. The van der Waals surface area contributed by atoms with E-state index in [0.29, 0.717) is 24.3 Å². The summed E-state index contributed by atoms with van der Waals surface area (Å²) in [6.07, 6.45) is -15.5. The predicted molar refractivity (Wildman–Crippen MR) is 77.0 cm³/mol. The molecule has 2 rings (SSSR count). The monoisotopic (exact) mass is 402 g/mol. The third-order valence-corrected chi connectivity index (χ3v) is 3.65. The molecule has 0 bridgehead atoms. The standard InChI is InChI=1S/C17H11F9O/c18-15(19,20)11-3-9(4-12(7-11)16(21,22)23)1-2-10-5-13(17(24,25)26)8-14(27)6-10/h3-8,27H,1-2H2. The molecule has 0 amide bonds. The van der Waals surface area contributed by atoms with Crippen LogP contribution in [0.15, 0.2) is 36.4 Å². The lowest BCUT2D eigenvalue weighted by atomic mass is 9.98. The molecule has 0 aromatic heterocycles. The van der Waals surface area contributed by atoms with Crippen LogP contribution in [-0.2, 0) is 31.4 Å². The summed E-state index contributed by atoms with van der Waals surface area (Å²) < 4.78 is 115. The molecule has 1 nitrogen and oxygen atoms in total. The molecule has 0 fully saturated rings. The second-order valence-corrected chi connectivity index (χ2v) is 5.80. The van der Waals surface area contributed by atoms with Crippen molar-refractivity contribution in [1.82, 2.24) is 0 Å². The maximum Gasteiger partial charge on any atom is 0.416 e. The van der Waals surface area contributed by atoms with Crippen LogP contribution >= 0.6 is 0 Å². The van der Waals surface area contributed by atoms with Crippen molar-refractivity contribution in [3.8, 4) is 5.75 Å². The Morgan fingerprint density at radius 2 is 0.852 bits per heavy atom. The van der Waals surface area contributed by atoms with E-state index in [-0.39, 0.29) is 30.0 Å². The SMILES string of the molecule is Oc1cc(CCc2cc(C(F)(F)F)cc(C(F)(F)F)c2)cc(C(F)(F)F)c1. The Kier molecular flexibility index (Phi) is 5.40. The van der Waals surface area contributed by atoms with Gasteiger partial charge in [-0.05, 0) is 60.4 Å². The third-order valence-electron chi connectivity index (χ3n) is 3.65. The minimum atomic E-state index is -5.01.